The molecule has 5 nitrogen and oxygen atoms in total. The number of carbonyl (C=O) groups is 2. The number of amides is 2. The first-order valence-electron chi connectivity index (χ1n) is 8.36. The minimum atomic E-state index is -0.00681. The van der Waals surface area contributed by atoms with Crippen molar-refractivity contribution in [1.29, 1.82) is 0 Å². The fourth-order valence-corrected chi connectivity index (χ4v) is 3.20. The van der Waals surface area contributed by atoms with Crippen LogP contribution in [-0.4, -0.2) is 34.4 Å². The van der Waals surface area contributed by atoms with Crippen LogP contribution in [0.25, 0.3) is 10.9 Å². The Morgan fingerprint density at radius 2 is 1.87 bits per heavy atom. The lowest BCUT2D eigenvalue weighted by Crippen LogP contribution is -2.29. The molecule has 0 aliphatic carbocycles. The lowest BCUT2D eigenvalue weighted by atomic mass is 10.2. The van der Waals surface area contributed by atoms with Gasteiger partial charge in [-0.3, -0.25) is 9.59 Å². The standard InChI is InChI=1S/C18H23N3O2/c1-3-17(22)19-14-7-8-15-13(11-14)12-16(21(15)4-2)18(23)20-9-5-6-10-20/h7-8,11-12H,3-6,9-10H2,1-2H3,(H,19,22). The van der Waals surface area contributed by atoms with Gasteiger partial charge in [0, 0.05) is 42.6 Å². The maximum atomic E-state index is 12.7. The molecule has 1 N–H and O–H groups in total. The number of nitrogens with zero attached hydrogens (tertiary/aromatic N) is 2. The van der Waals surface area contributed by atoms with Gasteiger partial charge < -0.3 is 14.8 Å². The highest BCUT2D eigenvalue weighted by atomic mass is 16.2. The number of anilines is 1. The van der Waals surface area contributed by atoms with Gasteiger partial charge in [0.25, 0.3) is 5.91 Å². The summed E-state index contributed by atoms with van der Waals surface area (Å²) in [4.78, 5) is 26.2. The molecule has 0 unspecified atom stereocenters. The molecule has 0 spiro atoms. The molecule has 23 heavy (non-hydrogen) atoms. The van der Waals surface area contributed by atoms with Crippen LogP contribution in [-0.2, 0) is 11.3 Å². The molecule has 1 saturated heterocycles. The SMILES string of the molecule is CCC(=O)Nc1ccc2c(c1)cc(C(=O)N1CCCC1)n2CC. The van der Waals surface area contributed by atoms with E-state index in [1.807, 2.05) is 43.0 Å². The number of benzene rings is 1. The van der Waals surface area contributed by atoms with E-state index >= 15 is 0 Å². The Balaban J connectivity index is 1.98. The Morgan fingerprint density at radius 1 is 1.13 bits per heavy atom. The van der Waals surface area contributed by atoms with Gasteiger partial charge in [0.1, 0.15) is 5.69 Å². The summed E-state index contributed by atoms with van der Waals surface area (Å²) in [7, 11) is 0. The minimum absolute atomic E-state index is 0.00681. The van der Waals surface area contributed by atoms with Crippen molar-refractivity contribution in [3.8, 4) is 0 Å². The number of rotatable bonds is 4. The van der Waals surface area contributed by atoms with E-state index in [0.717, 1.165) is 54.8 Å². The van der Waals surface area contributed by atoms with Crippen molar-refractivity contribution < 1.29 is 9.59 Å². The molecule has 5 heteroatoms. The third-order valence-electron chi connectivity index (χ3n) is 4.43. The first-order valence-corrected chi connectivity index (χ1v) is 8.36. The first-order chi connectivity index (χ1) is 11.1. The summed E-state index contributed by atoms with van der Waals surface area (Å²) in [5.41, 5.74) is 2.55. The quantitative estimate of drug-likeness (QED) is 0.942. The van der Waals surface area contributed by atoms with Crippen LogP contribution < -0.4 is 5.32 Å². The second-order valence-electron chi connectivity index (χ2n) is 5.95. The summed E-state index contributed by atoms with van der Waals surface area (Å²) in [6.07, 6.45) is 2.63. The summed E-state index contributed by atoms with van der Waals surface area (Å²) >= 11 is 0. The van der Waals surface area contributed by atoms with Gasteiger partial charge in [0.15, 0.2) is 0 Å². The van der Waals surface area contributed by atoms with E-state index in [0.29, 0.717) is 6.42 Å². The monoisotopic (exact) mass is 313 g/mol. The molecule has 122 valence electrons. The molecule has 1 fully saturated rings. The summed E-state index contributed by atoms with van der Waals surface area (Å²) in [6.45, 7) is 6.32. The van der Waals surface area contributed by atoms with E-state index in [2.05, 4.69) is 9.88 Å². The molecule has 1 aliphatic rings. The first kappa shape index (κ1) is 15.6. The molecule has 3 rings (SSSR count). The molecule has 0 atom stereocenters. The van der Waals surface area contributed by atoms with E-state index in [9.17, 15) is 9.59 Å². The molecule has 2 amide bonds. The minimum Gasteiger partial charge on any atom is -0.337 e. The summed E-state index contributed by atoms with van der Waals surface area (Å²) < 4.78 is 2.06. The highest BCUT2D eigenvalue weighted by Crippen LogP contribution is 2.25. The van der Waals surface area contributed by atoms with Gasteiger partial charge in [-0.05, 0) is 44.0 Å². The Hall–Kier alpha value is -2.30. The number of likely N-dealkylation sites (tertiary alicyclic amines) is 1. The van der Waals surface area contributed by atoms with Crippen molar-refractivity contribution in [3.63, 3.8) is 0 Å². The van der Waals surface area contributed by atoms with Gasteiger partial charge in [-0.1, -0.05) is 6.92 Å². The molecule has 0 radical (unpaired) electrons. The number of aryl methyl sites for hydroxylation is 1. The highest BCUT2D eigenvalue weighted by Gasteiger charge is 2.23. The number of aromatic nitrogens is 1. The Bertz CT molecular complexity index is 742. The predicted octanol–water partition coefficient (Wildman–Crippen LogP) is 3.25. The van der Waals surface area contributed by atoms with Gasteiger partial charge in [-0.15, -0.1) is 0 Å². The van der Waals surface area contributed by atoms with Crippen molar-refractivity contribution in [2.24, 2.45) is 0 Å². The Labute approximate surface area is 136 Å². The maximum Gasteiger partial charge on any atom is 0.270 e. The van der Waals surface area contributed by atoms with Crippen LogP contribution in [0.15, 0.2) is 24.3 Å². The van der Waals surface area contributed by atoms with Crippen LogP contribution >= 0.6 is 0 Å². The van der Waals surface area contributed by atoms with Crippen molar-refractivity contribution >= 4 is 28.4 Å². The molecular formula is C18H23N3O2. The summed E-state index contributed by atoms with van der Waals surface area (Å²) in [5.74, 6) is 0.104. The van der Waals surface area contributed by atoms with Gasteiger partial charge in [-0.2, -0.15) is 0 Å². The topological polar surface area (TPSA) is 54.3 Å². The zero-order valence-electron chi connectivity index (χ0n) is 13.8. The predicted molar refractivity (Wildman–Crippen MR) is 91.7 cm³/mol. The van der Waals surface area contributed by atoms with E-state index in [-0.39, 0.29) is 11.8 Å². The van der Waals surface area contributed by atoms with Crippen LogP contribution in [0.3, 0.4) is 0 Å². The van der Waals surface area contributed by atoms with Crippen LogP contribution in [0.2, 0.25) is 0 Å². The third kappa shape index (κ3) is 2.96. The summed E-state index contributed by atoms with van der Waals surface area (Å²) in [5, 5.41) is 3.86. The second kappa shape index (κ2) is 6.44. The molecule has 2 aromatic rings. The zero-order chi connectivity index (χ0) is 16.4. The third-order valence-corrected chi connectivity index (χ3v) is 4.43. The van der Waals surface area contributed by atoms with Crippen molar-refractivity contribution in [3.05, 3.63) is 30.0 Å². The lowest BCUT2D eigenvalue weighted by molar-refractivity contribution is -0.115. The average molecular weight is 313 g/mol. The number of nitrogens with one attached hydrogen (secondary N) is 1. The number of carbonyl (C=O) groups excluding carboxylic acids is 2. The highest BCUT2D eigenvalue weighted by molar-refractivity contribution is 6.00. The molecule has 2 heterocycles. The van der Waals surface area contributed by atoms with E-state index < -0.39 is 0 Å². The largest absolute Gasteiger partial charge is 0.337 e. The van der Waals surface area contributed by atoms with E-state index in [1.54, 1.807) is 0 Å². The van der Waals surface area contributed by atoms with Crippen LogP contribution in [0, 0.1) is 0 Å². The van der Waals surface area contributed by atoms with Gasteiger partial charge in [0.05, 0.1) is 0 Å². The smallest absolute Gasteiger partial charge is 0.270 e. The average Bonchev–Trinajstić information content (AvgIpc) is 3.21. The molecule has 1 aliphatic heterocycles. The Morgan fingerprint density at radius 3 is 2.52 bits per heavy atom. The van der Waals surface area contributed by atoms with Crippen molar-refractivity contribution in [2.75, 3.05) is 18.4 Å². The molecule has 0 bridgehead atoms. The van der Waals surface area contributed by atoms with Gasteiger partial charge >= 0.3 is 0 Å². The molecular weight excluding hydrogens is 290 g/mol. The van der Waals surface area contributed by atoms with Crippen LogP contribution in [0.4, 0.5) is 5.69 Å². The lowest BCUT2D eigenvalue weighted by Gasteiger charge is -2.16. The number of hydrogen-bond acceptors (Lipinski definition) is 2. The van der Waals surface area contributed by atoms with Crippen molar-refractivity contribution in [2.45, 2.75) is 39.7 Å². The molecule has 0 saturated carbocycles. The van der Waals surface area contributed by atoms with Crippen molar-refractivity contribution in [1.82, 2.24) is 9.47 Å². The van der Waals surface area contributed by atoms with E-state index in [4.69, 9.17) is 0 Å². The second-order valence-corrected chi connectivity index (χ2v) is 5.95. The Kier molecular flexibility index (Phi) is 4.37. The van der Waals surface area contributed by atoms with Crippen LogP contribution in [0.1, 0.15) is 43.6 Å². The van der Waals surface area contributed by atoms with Gasteiger partial charge in [-0.25, -0.2) is 0 Å². The van der Waals surface area contributed by atoms with Crippen LogP contribution in [0.5, 0.6) is 0 Å². The number of hydrogen-bond donors (Lipinski definition) is 1. The molecule has 1 aromatic heterocycles. The zero-order valence-corrected chi connectivity index (χ0v) is 13.8. The van der Waals surface area contributed by atoms with Gasteiger partial charge in [0.2, 0.25) is 5.91 Å². The molecule has 1 aromatic carbocycles. The fourth-order valence-electron chi connectivity index (χ4n) is 3.20. The normalized spacial score (nSPS) is 14.4. The number of fused-ring (bicyclic) bond motifs is 1. The maximum absolute atomic E-state index is 12.7. The van der Waals surface area contributed by atoms with E-state index in [1.165, 1.54) is 0 Å². The summed E-state index contributed by atoms with van der Waals surface area (Å²) in [6, 6.07) is 7.76. The fraction of sp³-hybridized carbons (Fsp3) is 0.444.